The summed E-state index contributed by atoms with van der Waals surface area (Å²) in [5.74, 6) is -0.874. The summed E-state index contributed by atoms with van der Waals surface area (Å²) < 4.78 is 10.9. The summed E-state index contributed by atoms with van der Waals surface area (Å²) in [6.07, 6.45) is 0. The molecule has 2 aromatic carbocycles. The predicted octanol–water partition coefficient (Wildman–Crippen LogP) is 4.75. The lowest BCUT2D eigenvalue weighted by Crippen LogP contribution is -2.29. The molecule has 0 bridgehead atoms. The van der Waals surface area contributed by atoms with Crippen molar-refractivity contribution in [2.24, 2.45) is 0 Å². The molecule has 1 saturated heterocycles. The maximum atomic E-state index is 13.1. The van der Waals surface area contributed by atoms with Gasteiger partial charge >= 0.3 is 0 Å². The van der Waals surface area contributed by atoms with Gasteiger partial charge in [0.05, 0.1) is 29.3 Å². The molecule has 7 nitrogen and oxygen atoms in total. The van der Waals surface area contributed by atoms with Crippen molar-refractivity contribution in [3.8, 4) is 11.8 Å². The number of hydrogen-bond donors (Lipinski definition) is 1. The highest BCUT2D eigenvalue weighted by atomic mass is 35.5. The zero-order valence-electron chi connectivity index (χ0n) is 17.1. The Hall–Kier alpha value is -4.02. The minimum Gasteiger partial charge on any atom is -0.507 e. The molecule has 1 aliphatic rings. The molecule has 1 atom stereocenters. The van der Waals surface area contributed by atoms with Crippen molar-refractivity contribution in [2.75, 3.05) is 12.0 Å². The number of rotatable bonds is 4. The fourth-order valence-electron chi connectivity index (χ4n) is 3.62. The van der Waals surface area contributed by atoms with Crippen molar-refractivity contribution >= 4 is 34.7 Å². The number of amides is 1. The number of ketones is 1. The predicted molar refractivity (Wildman–Crippen MR) is 117 cm³/mol. The Morgan fingerprint density at radius 3 is 2.47 bits per heavy atom. The van der Waals surface area contributed by atoms with Gasteiger partial charge in [-0.1, -0.05) is 11.6 Å². The van der Waals surface area contributed by atoms with Crippen LogP contribution in [0.2, 0.25) is 5.02 Å². The standard InChI is InChI=1S/C24H17ClN2O5/c1-13-3-10-19(32-13)21-20(22(28)17-11-16(31-2)8-9-18(17)25)23(29)24(30)27(21)15-6-4-14(12-26)5-7-15/h3-11,21,28H,1-2H3/b22-20+. The molecule has 1 aromatic heterocycles. The number of aryl methyl sites for hydroxylation is 1. The maximum absolute atomic E-state index is 13.1. The smallest absolute Gasteiger partial charge is 0.300 e. The highest BCUT2D eigenvalue weighted by Crippen LogP contribution is 2.43. The molecule has 0 radical (unpaired) electrons. The van der Waals surface area contributed by atoms with Crippen molar-refractivity contribution in [1.82, 2.24) is 0 Å². The molecule has 3 aromatic rings. The van der Waals surface area contributed by atoms with Gasteiger partial charge < -0.3 is 14.3 Å². The van der Waals surface area contributed by atoms with E-state index in [1.54, 1.807) is 37.3 Å². The third kappa shape index (κ3) is 3.51. The van der Waals surface area contributed by atoms with E-state index < -0.39 is 23.5 Å². The van der Waals surface area contributed by atoms with Gasteiger partial charge in [-0.05, 0) is 61.5 Å². The number of ether oxygens (including phenoxy) is 1. The zero-order chi connectivity index (χ0) is 23.0. The summed E-state index contributed by atoms with van der Waals surface area (Å²) >= 11 is 6.28. The lowest BCUT2D eigenvalue weighted by Gasteiger charge is -2.23. The molecular formula is C24H17ClN2O5. The van der Waals surface area contributed by atoms with Gasteiger partial charge in [0.1, 0.15) is 29.1 Å². The van der Waals surface area contributed by atoms with Gasteiger partial charge in [0.25, 0.3) is 11.7 Å². The topological polar surface area (TPSA) is 104 Å². The number of hydrogen-bond acceptors (Lipinski definition) is 6. The van der Waals surface area contributed by atoms with Gasteiger partial charge in [0, 0.05) is 11.3 Å². The van der Waals surface area contributed by atoms with E-state index in [0.717, 1.165) is 0 Å². The van der Waals surface area contributed by atoms with Crippen LogP contribution < -0.4 is 9.64 Å². The van der Waals surface area contributed by atoms with E-state index in [2.05, 4.69) is 0 Å². The number of aliphatic hydroxyl groups is 1. The van der Waals surface area contributed by atoms with Gasteiger partial charge in [-0.15, -0.1) is 0 Å². The molecule has 0 spiro atoms. The summed E-state index contributed by atoms with van der Waals surface area (Å²) in [4.78, 5) is 27.4. The Labute approximate surface area is 188 Å². The maximum Gasteiger partial charge on any atom is 0.300 e. The summed E-state index contributed by atoms with van der Waals surface area (Å²) in [5.41, 5.74) is 0.765. The quantitative estimate of drug-likeness (QED) is 0.351. The highest BCUT2D eigenvalue weighted by molar-refractivity contribution is 6.52. The minimum absolute atomic E-state index is 0.150. The lowest BCUT2D eigenvalue weighted by atomic mass is 9.99. The first-order valence-electron chi connectivity index (χ1n) is 9.57. The molecule has 160 valence electrons. The van der Waals surface area contributed by atoms with Crippen LogP contribution in [0.5, 0.6) is 5.75 Å². The van der Waals surface area contributed by atoms with Gasteiger partial charge in [-0.3, -0.25) is 14.5 Å². The number of furan rings is 1. The first-order valence-corrected chi connectivity index (χ1v) is 9.95. The lowest BCUT2D eigenvalue weighted by molar-refractivity contribution is -0.132. The van der Waals surface area contributed by atoms with E-state index in [0.29, 0.717) is 28.5 Å². The number of carbonyl (C=O) groups excluding carboxylic acids is 2. The van der Waals surface area contributed by atoms with E-state index >= 15 is 0 Å². The van der Waals surface area contributed by atoms with Crippen molar-refractivity contribution < 1.29 is 23.8 Å². The van der Waals surface area contributed by atoms with Crippen LogP contribution >= 0.6 is 11.6 Å². The molecule has 0 saturated carbocycles. The molecule has 1 amide bonds. The van der Waals surface area contributed by atoms with Crippen molar-refractivity contribution in [1.29, 1.82) is 5.26 Å². The first-order chi connectivity index (χ1) is 15.3. The third-order valence-electron chi connectivity index (χ3n) is 5.18. The zero-order valence-corrected chi connectivity index (χ0v) is 17.9. The van der Waals surface area contributed by atoms with Gasteiger partial charge in [-0.25, -0.2) is 0 Å². The molecule has 1 aliphatic heterocycles. The molecule has 32 heavy (non-hydrogen) atoms. The van der Waals surface area contributed by atoms with Crippen LogP contribution in [-0.4, -0.2) is 23.9 Å². The Morgan fingerprint density at radius 1 is 1.16 bits per heavy atom. The number of aliphatic hydroxyl groups excluding tert-OH is 1. The normalized spacial score (nSPS) is 17.4. The summed E-state index contributed by atoms with van der Waals surface area (Å²) in [5, 5.41) is 20.4. The highest BCUT2D eigenvalue weighted by Gasteiger charge is 2.48. The van der Waals surface area contributed by atoms with Crippen molar-refractivity contribution in [3.05, 3.63) is 87.8 Å². The summed E-state index contributed by atoms with van der Waals surface area (Å²) in [6, 6.07) is 15.1. The Morgan fingerprint density at radius 2 is 1.88 bits per heavy atom. The fraction of sp³-hybridized carbons (Fsp3) is 0.125. The third-order valence-corrected chi connectivity index (χ3v) is 5.51. The second-order valence-electron chi connectivity index (χ2n) is 7.12. The number of nitrogens with zero attached hydrogens (tertiary/aromatic N) is 2. The van der Waals surface area contributed by atoms with Gasteiger partial charge in [0.2, 0.25) is 0 Å². The second-order valence-corrected chi connectivity index (χ2v) is 7.53. The van der Waals surface area contributed by atoms with Crippen LogP contribution in [0.15, 0.2) is 64.6 Å². The van der Waals surface area contributed by atoms with E-state index in [-0.39, 0.29) is 16.2 Å². The number of nitriles is 1. The number of anilines is 1. The van der Waals surface area contributed by atoms with Gasteiger partial charge in [0.15, 0.2) is 0 Å². The molecule has 1 unspecified atom stereocenters. The van der Waals surface area contributed by atoms with Crippen LogP contribution in [0.4, 0.5) is 5.69 Å². The minimum atomic E-state index is -1.03. The molecule has 2 heterocycles. The second kappa shape index (κ2) is 8.25. The average Bonchev–Trinajstić information content (AvgIpc) is 3.34. The van der Waals surface area contributed by atoms with Crippen LogP contribution in [0.3, 0.4) is 0 Å². The van der Waals surface area contributed by atoms with Crippen LogP contribution in [-0.2, 0) is 9.59 Å². The largest absolute Gasteiger partial charge is 0.507 e. The summed E-state index contributed by atoms with van der Waals surface area (Å²) in [6.45, 7) is 1.73. The molecule has 1 N–H and O–H groups in total. The molecular weight excluding hydrogens is 432 g/mol. The molecule has 1 fully saturated rings. The van der Waals surface area contributed by atoms with E-state index in [4.69, 9.17) is 26.0 Å². The monoisotopic (exact) mass is 448 g/mol. The van der Waals surface area contributed by atoms with E-state index in [9.17, 15) is 14.7 Å². The SMILES string of the molecule is COc1ccc(Cl)c(/C(O)=C2\C(=O)C(=O)N(c3ccc(C#N)cc3)C2c2ccc(C)o2)c1. The van der Waals surface area contributed by atoms with Crippen molar-refractivity contribution in [2.45, 2.75) is 13.0 Å². The fourth-order valence-corrected chi connectivity index (χ4v) is 3.83. The van der Waals surface area contributed by atoms with Crippen LogP contribution in [0.25, 0.3) is 5.76 Å². The number of Topliss-reactive ketones (excluding diaryl/α,β-unsaturated/α-hetero) is 1. The number of benzene rings is 2. The molecule has 8 heteroatoms. The van der Waals surface area contributed by atoms with E-state index in [1.165, 1.54) is 36.3 Å². The number of halogens is 1. The Balaban J connectivity index is 1.95. The first kappa shape index (κ1) is 21.2. The van der Waals surface area contributed by atoms with Crippen LogP contribution in [0.1, 0.15) is 28.7 Å². The van der Waals surface area contributed by atoms with Crippen LogP contribution in [0, 0.1) is 18.3 Å². The van der Waals surface area contributed by atoms with E-state index in [1.807, 2.05) is 6.07 Å². The molecule has 0 aliphatic carbocycles. The number of methoxy groups -OCH3 is 1. The number of carbonyl (C=O) groups is 2. The Bertz CT molecular complexity index is 1300. The van der Waals surface area contributed by atoms with Gasteiger partial charge in [-0.2, -0.15) is 5.26 Å². The Kier molecular flexibility index (Phi) is 5.47. The van der Waals surface area contributed by atoms with Crippen molar-refractivity contribution in [3.63, 3.8) is 0 Å². The molecule has 4 rings (SSSR count). The summed E-state index contributed by atoms with van der Waals surface area (Å²) in [7, 11) is 1.46. The average molecular weight is 449 g/mol.